The lowest BCUT2D eigenvalue weighted by molar-refractivity contribution is -0.135. The molecule has 0 aliphatic carbocycles. The molecular formula is C17H25ClN2O. The number of halogens is 1. The molecule has 2 saturated heterocycles. The highest BCUT2D eigenvalue weighted by molar-refractivity contribution is 5.85. The largest absolute Gasteiger partial charge is 0.341 e. The molecule has 0 bridgehead atoms. The minimum absolute atomic E-state index is 0. The fraction of sp³-hybridized carbons (Fsp3) is 0.588. The van der Waals surface area contributed by atoms with E-state index in [0.717, 1.165) is 38.9 Å². The van der Waals surface area contributed by atoms with Crippen LogP contribution < -0.4 is 5.32 Å². The molecule has 0 spiro atoms. The third-order valence-electron chi connectivity index (χ3n) is 4.69. The van der Waals surface area contributed by atoms with E-state index in [1.165, 1.54) is 18.4 Å². The van der Waals surface area contributed by atoms with E-state index in [9.17, 15) is 4.79 Å². The van der Waals surface area contributed by atoms with Crippen molar-refractivity contribution in [1.82, 2.24) is 10.2 Å². The molecule has 1 N–H and O–H groups in total. The molecule has 2 aliphatic heterocycles. The van der Waals surface area contributed by atoms with Gasteiger partial charge in [-0.2, -0.15) is 0 Å². The van der Waals surface area contributed by atoms with Gasteiger partial charge in [0.15, 0.2) is 0 Å². The quantitative estimate of drug-likeness (QED) is 0.911. The fourth-order valence-electron chi connectivity index (χ4n) is 3.44. The number of hydrogen-bond donors (Lipinski definition) is 1. The van der Waals surface area contributed by atoms with Crippen molar-refractivity contribution in [2.75, 3.05) is 19.6 Å². The lowest BCUT2D eigenvalue weighted by Gasteiger charge is -2.35. The number of piperidine rings is 2. The maximum atomic E-state index is 12.5. The highest BCUT2D eigenvalue weighted by atomic mass is 35.5. The molecule has 1 amide bonds. The number of nitrogens with zero attached hydrogens (tertiary/aromatic N) is 1. The van der Waals surface area contributed by atoms with Crippen LogP contribution in [0, 0.1) is 0 Å². The second-order valence-corrected chi connectivity index (χ2v) is 6.01. The second kappa shape index (κ2) is 7.81. The molecule has 21 heavy (non-hydrogen) atoms. The van der Waals surface area contributed by atoms with Crippen LogP contribution in [0.4, 0.5) is 0 Å². The summed E-state index contributed by atoms with van der Waals surface area (Å²) in [4.78, 5) is 14.5. The number of hydrogen-bond acceptors (Lipinski definition) is 2. The van der Waals surface area contributed by atoms with Gasteiger partial charge in [-0.05, 0) is 43.7 Å². The highest BCUT2D eigenvalue weighted by Gasteiger charge is 2.29. The van der Waals surface area contributed by atoms with Crippen LogP contribution in [0.5, 0.6) is 0 Å². The Labute approximate surface area is 133 Å². The zero-order valence-corrected chi connectivity index (χ0v) is 13.3. The SMILES string of the molecule is Cl.O=C([C@@H]1CCCCN1)N1CCC(c2ccccc2)CC1. The first kappa shape index (κ1) is 16.3. The molecule has 2 heterocycles. The Balaban J connectivity index is 0.00000161. The fourth-order valence-corrected chi connectivity index (χ4v) is 3.44. The molecule has 116 valence electrons. The maximum Gasteiger partial charge on any atom is 0.239 e. The summed E-state index contributed by atoms with van der Waals surface area (Å²) < 4.78 is 0. The Morgan fingerprint density at radius 2 is 1.76 bits per heavy atom. The Morgan fingerprint density at radius 1 is 1.05 bits per heavy atom. The van der Waals surface area contributed by atoms with E-state index in [4.69, 9.17) is 0 Å². The summed E-state index contributed by atoms with van der Waals surface area (Å²) in [5, 5.41) is 3.37. The Morgan fingerprint density at radius 3 is 2.38 bits per heavy atom. The number of amides is 1. The molecule has 0 unspecified atom stereocenters. The average molecular weight is 309 g/mol. The van der Waals surface area contributed by atoms with E-state index in [0.29, 0.717) is 11.8 Å². The number of carbonyl (C=O) groups is 1. The lowest BCUT2D eigenvalue weighted by atomic mass is 9.89. The van der Waals surface area contributed by atoms with E-state index < -0.39 is 0 Å². The summed E-state index contributed by atoms with van der Waals surface area (Å²) in [6.45, 7) is 2.82. The molecule has 3 rings (SSSR count). The van der Waals surface area contributed by atoms with Crippen molar-refractivity contribution in [1.29, 1.82) is 0 Å². The van der Waals surface area contributed by atoms with Crippen molar-refractivity contribution in [3.63, 3.8) is 0 Å². The van der Waals surface area contributed by atoms with Gasteiger partial charge in [-0.25, -0.2) is 0 Å². The first-order valence-electron chi connectivity index (χ1n) is 7.92. The van der Waals surface area contributed by atoms with Crippen LogP contribution >= 0.6 is 12.4 Å². The molecule has 2 fully saturated rings. The third kappa shape index (κ3) is 3.98. The van der Waals surface area contributed by atoms with Crippen LogP contribution in [-0.2, 0) is 4.79 Å². The van der Waals surface area contributed by atoms with Gasteiger partial charge in [0.2, 0.25) is 5.91 Å². The average Bonchev–Trinajstić information content (AvgIpc) is 2.56. The number of likely N-dealkylation sites (tertiary alicyclic amines) is 1. The van der Waals surface area contributed by atoms with Gasteiger partial charge in [-0.3, -0.25) is 4.79 Å². The van der Waals surface area contributed by atoms with Crippen LogP contribution in [0.3, 0.4) is 0 Å². The summed E-state index contributed by atoms with van der Waals surface area (Å²) in [7, 11) is 0. The van der Waals surface area contributed by atoms with E-state index in [1.54, 1.807) is 0 Å². The monoisotopic (exact) mass is 308 g/mol. The lowest BCUT2D eigenvalue weighted by Crippen LogP contribution is -2.50. The molecule has 1 aromatic carbocycles. The summed E-state index contributed by atoms with van der Waals surface area (Å²) in [5.74, 6) is 0.954. The van der Waals surface area contributed by atoms with Crippen LogP contribution in [0.15, 0.2) is 30.3 Å². The number of nitrogens with one attached hydrogen (secondary N) is 1. The molecule has 0 radical (unpaired) electrons. The van der Waals surface area contributed by atoms with Crippen molar-refractivity contribution in [3.8, 4) is 0 Å². The number of benzene rings is 1. The molecule has 0 saturated carbocycles. The van der Waals surface area contributed by atoms with E-state index in [2.05, 4.69) is 40.5 Å². The van der Waals surface area contributed by atoms with Crippen molar-refractivity contribution < 1.29 is 4.79 Å². The standard InChI is InChI=1S/C17H24N2O.ClH/c20-17(16-8-4-5-11-18-16)19-12-9-15(10-13-19)14-6-2-1-3-7-14;/h1-3,6-7,15-16,18H,4-5,8-13H2;1H/t16-;/m0./s1. The van der Waals surface area contributed by atoms with Crippen molar-refractivity contribution in [3.05, 3.63) is 35.9 Å². The summed E-state index contributed by atoms with van der Waals surface area (Å²) in [5.41, 5.74) is 1.43. The van der Waals surface area contributed by atoms with Crippen molar-refractivity contribution >= 4 is 18.3 Å². The molecule has 1 aromatic rings. The van der Waals surface area contributed by atoms with Gasteiger partial charge in [-0.15, -0.1) is 12.4 Å². The first-order valence-corrected chi connectivity index (χ1v) is 7.92. The predicted octanol–water partition coefficient (Wildman–Crippen LogP) is 2.96. The normalized spacial score (nSPS) is 23.4. The Bertz CT molecular complexity index is 437. The topological polar surface area (TPSA) is 32.3 Å². The van der Waals surface area contributed by atoms with Gasteiger partial charge in [0.05, 0.1) is 6.04 Å². The third-order valence-corrected chi connectivity index (χ3v) is 4.69. The first-order chi connectivity index (χ1) is 9.84. The molecule has 3 nitrogen and oxygen atoms in total. The van der Waals surface area contributed by atoms with Crippen LogP contribution in [0.25, 0.3) is 0 Å². The van der Waals surface area contributed by atoms with Gasteiger partial charge < -0.3 is 10.2 Å². The predicted molar refractivity (Wildman–Crippen MR) is 87.9 cm³/mol. The zero-order chi connectivity index (χ0) is 13.8. The van der Waals surface area contributed by atoms with Gasteiger partial charge >= 0.3 is 0 Å². The number of rotatable bonds is 2. The smallest absolute Gasteiger partial charge is 0.239 e. The summed E-state index contributed by atoms with van der Waals surface area (Å²) >= 11 is 0. The van der Waals surface area contributed by atoms with E-state index in [-0.39, 0.29) is 18.4 Å². The van der Waals surface area contributed by atoms with Gasteiger partial charge in [0.1, 0.15) is 0 Å². The Hall–Kier alpha value is -1.06. The summed E-state index contributed by atoms with van der Waals surface area (Å²) in [6, 6.07) is 10.8. The maximum absolute atomic E-state index is 12.5. The Kier molecular flexibility index (Phi) is 6.07. The van der Waals surface area contributed by atoms with Crippen LogP contribution in [0.1, 0.15) is 43.6 Å². The molecular weight excluding hydrogens is 284 g/mol. The minimum atomic E-state index is 0. The van der Waals surface area contributed by atoms with Gasteiger partial charge in [0, 0.05) is 13.1 Å². The van der Waals surface area contributed by atoms with Crippen molar-refractivity contribution in [2.45, 2.75) is 44.1 Å². The van der Waals surface area contributed by atoms with E-state index >= 15 is 0 Å². The molecule has 4 heteroatoms. The van der Waals surface area contributed by atoms with E-state index in [1.807, 2.05) is 0 Å². The van der Waals surface area contributed by atoms with Gasteiger partial charge in [0.25, 0.3) is 0 Å². The molecule has 0 aromatic heterocycles. The molecule has 2 aliphatic rings. The minimum Gasteiger partial charge on any atom is -0.341 e. The zero-order valence-electron chi connectivity index (χ0n) is 12.5. The highest BCUT2D eigenvalue weighted by Crippen LogP contribution is 2.28. The van der Waals surface area contributed by atoms with Gasteiger partial charge in [-0.1, -0.05) is 36.8 Å². The van der Waals surface area contributed by atoms with Crippen LogP contribution in [0.2, 0.25) is 0 Å². The van der Waals surface area contributed by atoms with Crippen LogP contribution in [-0.4, -0.2) is 36.5 Å². The number of carbonyl (C=O) groups excluding carboxylic acids is 1. The summed E-state index contributed by atoms with van der Waals surface area (Å²) in [6.07, 6.45) is 5.60. The second-order valence-electron chi connectivity index (χ2n) is 6.01. The van der Waals surface area contributed by atoms with Crippen molar-refractivity contribution in [2.24, 2.45) is 0 Å². The molecule has 1 atom stereocenters.